The molecule has 0 bridgehead atoms. The molecule has 2 aromatic rings. The van der Waals surface area contributed by atoms with E-state index in [0.29, 0.717) is 24.9 Å². The Morgan fingerprint density at radius 2 is 2.00 bits per heavy atom. The Morgan fingerprint density at radius 3 is 2.71 bits per heavy atom. The molecule has 2 rings (SSSR count). The number of sulfonamides is 1. The lowest BCUT2D eigenvalue weighted by Gasteiger charge is -2.07. The maximum absolute atomic E-state index is 11.6. The van der Waals surface area contributed by atoms with Crippen molar-refractivity contribution < 1.29 is 8.42 Å². The molecule has 0 spiro atoms. The minimum absolute atomic E-state index is 0.0809. The Balaban J connectivity index is 2.10. The third kappa shape index (κ3) is 4.15. The van der Waals surface area contributed by atoms with Crippen molar-refractivity contribution >= 4 is 20.9 Å². The van der Waals surface area contributed by atoms with Gasteiger partial charge in [0.25, 0.3) is 5.56 Å². The van der Waals surface area contributed by atoms with Gasteiger partial charge < -0.3 is 4.98 Å². The maximum atomic E-state index is 11.6. The van der Waals surface area contributed by atoms with Crippen LogP contribution in [0, 0.1) is 6.92 Å². The second-order valence-electron chi connectivity index (χ2n) is 5.17. The normalized spacial score (nSPS) is 11.9. The van der Waals surface area contributed by atoms with Crippen LogP contribution in [0.3, 0.4) is 0 Å². The number of nitrogens with one attached hydrogen (secondary N) is 2. The van der Waals surface area contributed by atoms with Crippen LogP contribution in [0.5, 0.6) is 0 Å². The van der Waals surface area contributed by atoms with Crippen molar-refractivity contribution in [2.45, 2.75) is 26.7 Å². The minimum atomic E-state index is -3.15. The first-order valence-corrected chi connectivity index (χ1v) is 8.66. The van der Waals surface area contributed by atoms with Gasteiger partial charge in [0.1, 0.15) is 0 Å². The van der Waals surface area contributed by atoms with Gasteiger partial charge >= 0.3 is 0 Å². The highest BCUT2D eigenvalue weighted by Crippen LogP contribution is 2.14. The van der Waals surface area contributed by atoms with Crippen molar-refractivity contribution in [2.75, 3.05) is 12.3 Å². The first kappa shape index (κ1) is 15.7. The Bertz CT molecular complexity index is 794. The number of fused-ring (bicyclic) bond motifs is 1. The molecule has 6 heteroatoms. The van der Waals surface area contributed by atoms with E-state index in [-0.39, 0.29) is 11.3 Å². The van der Waals surface area contributed by atoms with Crippen LogP contribution in [0.25, 0.3) is 10.9 Å². The zero-order valence-electron chi connectivity index (χ0n) is 12.3. The summed E-state index contributed by atoms with van der Waals surface area (Å²) < 4.78 is 25.7. The molecule has 21 heavy (non-hydrogen) atoms. The largest absolute Gasteiger partial charge is 0.322 e. The molecule has 0 saturated carbocycles. The van der Waals surface area contributed by atoms with Crippen molar-refractivity contribution in [1.82, 2.24) is 9.71 Å². The quantitative estimate of drug-likeness (QED) is 0.852. The van der Waals surface area contributed by atoms with E-state index in [0.717, 1.165) is 16.5 Å². The van der Waals surface area contributed by atoms with Gasteiger partial charge in [0, 0.05) is 17.6 Å². The number of aryl methyl sites for hydroxylation is 1. The second-order valence-corrected chi connectivity index (χ2v) is 7.09. The van der Waals surface area contributed by atoms with Gasteiger partial charge in [0.2, 0.25) is 10.0 Å². The topological polar surface area (TPSA) is 79.0 Å². The maximum Gasteiger partial charge on any atom is 0.251 e. The molecule has 0 fully saturated rings. The zero-order valence-corrected chi connectivity index (χ0v) is 13.1. The standard InChI is InChI=1S/C15H20N2O3S/c1-3-8-21(19,20)16-7-6-12-4-5-14-13(10-12)9-11(2)15(18)17-14/h4-5,9-10,16H,3,6-8H2,1-2H3,(H,17,18). The second kappa shape index (κ2) is 6.41. The molecule has 0 amide bonds. The molecule has 1 heterocycles. The average molecular weight is 308 g/mol. The summed E-state index contributed by atoms with van der Waals surface area (Å²) in [6.07, 6.45) is 1.23. The van der Waals surface area contributed by atoms with Gasteiger partial charge in [-0.3, -0.25) is 4.79 Å². The molecular weight excluding hydrogens is 288 g/mol. The number of pyridine rings is 1. The minimum Gasteiger partial charge on any atom is -0.322 e. The molecule has 0 unspecified atom stereocenters. The fourth-order valence-electron chi connectivity index (χ4n) is 2.21. The van der Waals surface area contributed by atoms with E-state index in [1.165, 1.54) is 0 Å². The number of hydrogen-bond donors (Lipinski definition) is 2. The fraction of sp³-hybridized carbons (Fsp3) is 0.400. The Labute approximate surface area is 124 Å². The summed E-state index contributed by atoms with van der Waals surface area (Å²) in [4.78, 5) is 14.3. The van der Waals surface area contributed by atoms with Crippen molar-refractivity contribution in [3.05, 3.63) is 45.7 Å². The van der Waals surface area contributed by atoms with E-state index in [1.54, 1.807) is 6.92 Å². The lowest BCUT2D eigenvalue weighted by Crippen LogP contribution is -2.28. The van der Waals surface area contributed by atoms with E-state index in [1.807, 2.05) is 31.2 Å². The predicted molar refractivity (Wildman–Crippen MR) is 85.1 cm³/mol. The van der Waals surface area contributed by atoms with E-state index >= 15 is 0 Å². The third-order valence-electron chi connectivity index (χ3n) is 3.30. The molecule has 0 aliphatic carbocycles. The Hall–Kier alpha value is -1.66. The monoisotopic (exact) mass is 308 g/mol. The van der Waals surface area contributed by atoms with Crippen LogP contribution >= 0.6 is 0 Å². The Morgan fingerprint density at radius 1 is 1.24 bits per heavy atom. The number of H-pyrrole nitrogens is 1. The number of rotatable bonds is 6. The molecule has 0 radical (unpaired) electrons. The van der Waals surface area contributed by atoms with Crippen LogP contribution in [0.4, 0.5) is 0 Å². The van der Waals surface area contributed by atoms with Gasteiger partial charge in [-0.05, 0) is 48.9 Å². The molecule has 0 atom stereocenters. The molecular formula is C15H20N2O3S. The predicted octanol–water partition coefficient (Wildman–Crippen LogP) is 1.71. The van der Waals surface area contributed by atoms with Gasteiger partial charge in [0.05, 0.1) is 5.75 Å². The van der Waals surface area contributed by atoms with E-state index in [2.05, 4.69) is 9.71 Å². The highest BCUT2D eigenvalue weighted by atomic mass is 32.2. The molecule has 2 N–H and O–H groups in total. The van der Waals surface area contributed by atoms with Crippen molar-refractivity contribution in [2.24, 2.45) is 0 Å². The summed E-state index contributed by atoms with van der Waals surface area (Å²) in [5.41, 5.74) is 2.42. The Kier molecular flexibility index (Phi) is 4.80. The van der Waals surface area contributed by atoms with Crippen LogP contribution in [0.1, 0.15) is 24.5 Å². The van der Waals surface area contributed by atoms with E-state index in [9.17, 15) is 13.2 Å². The number of hydrogen-bond acceptors (Lipinski definition) is 3. The highest BCUT2D eigenvalue weighted by molar-refractivity contribution is 7.89. The summed E-state index contributed by atoms with van der Waals surface area (Å²) >= 11 is 0. The van der Waals surface area contributed by atoms with Crippen molar-refractivity contribution in [3.63, 3.8) is 0 Å². The van der Waals surface area contributed by atoms with Gasteiger partial charge in [-0.15, -0.1) is 0 Å². The first-order valence-electron chi connectivity index (χ1n) is 7.01. The molecule has 0 aliphatic heterocycles. The van der Waals surface area contributed by atoms with Gasteiger partial charge in [0.15, 0.2) is 0 Å². The van der Waals surface area contributed by atoms with Crippen LogP contribution in [-0.4, -0.2) is 25.7 Å². The zero-order chi connectivity index (χ0) is 15.5. The van der Waals surface area contributed by atoms with Gasteiger partial charge in [-0.1, -0.05) is 13.0 Å². The molecule has 0 aliphatic rings. The highest BCUT2D eigenvalue weighted by Gasteiger charge is 2.07. The molecule has 1 aromatic heterocycles. The summed E-state index contributed by atoms with van der Waals surface area (Å²) in [6.45, 7) is 3.99. The molecule has 5 nitrogen and oxygen atoms in total. The summed E-state index contributed by atoms with van der Waals surface area (Å²) in [7, 11) is -3.15. The van der Waals surface area contributed by atoms with Gasteiger partial charge in [-0.25, -0.2) is 13.1 Å². The summed E-state index contributed by atoms with van der Waals surface area (Å²) in [6, 6.07) is 7.58. The summed E-state index contributed by atoms with van der Waals surface area (Å²) in [5, 5.41) is 0.959. The smallest absolute Gasteiger partial charge is 0.251 e. The SMILES string of the molecule is CCCS(=O)(=O)NCCc1ccc2[nH]c(=O)c(C)cc2c1. The number of benzene rings is 1. The molecule has 114 valence electrons. The lowest BCUT2D eigenvalue weighted by atomic mass is 10.1. The van der Waals surface area contributed by atoms with Gasteiger partial charge in [-0.2, -0.15) is 0 Å². The fourth-order valence-corrected chi connectivity index (χ4v) is 3.31. The van der Waals surface area contributed by atoms with E-state index in [4.69, 9.17) is 0 Å². The van der Waals surface area contributed by atoms with Crippen LogP contribution in [0.2, 0.25) is 0 Å². The summed E-state index contributed by atoms with van der Waals surface area (Å²) in [5.74, 6) is 0.158. The van der Waals surface area contributed by atoms with Crippen LogP contribution in [0.15, 0.2) is 29.1 Å². The third-order valence-corrected chi connectivity index (χ3v) is 4.89. The lowest BCUT2D eigenvalue weighted by molar-refractivity contribution is 0.580. The number of aromatic amines is 1. The molecule has 0 saturated heterocycles. The van der Waals surface area contributed by atoms with Crippen molar-refractivity contribution in [3.8, 4) is 0 Å². The first-order chi connectivity index (χ1) is 9.91. The average Bonchev–Trinajstić information content (AvgIpc) is 2.40. The van der Waals surface area contributed by atoms with E-state index < -0.39 is 10.0 Å². The van der Waals surface area contributed by atoms with Crippen LogP contribution in [-0.2, 0) is 16.4 Å². The number of aromatic nitrogens is 1. The molecule has 1 aromatic carbocycles. The van der Waals surface area contributed by atoms with Crippen LogP contribution < -0.4 is 10.3 Å². The van der Waals surface area contributed by atoms with Crippen molar-refractivity contribution in [1.29, 1.82) is 0 Å².